The van der Waals surface area contributed by atoms with Gasteiger partial charge in [0, 0.05) is 39.0 Å². The summed E-state index contributed by atoms with van der Waals surface area (Å²) in [6.45, 7) is 1.97. The monoisotopic (exact) mass is 816 g/mol. The summed E-state index contributed by atoms with van der Waals surface area (Å²) in [7, 11) is 0. The Balaban J connectivity index is 1.00. The first-order chi connectivity index (χ1) is 29.3. The Morgan fingerprint density at radius 1 is 0.400 bits per heavy atom. The first kappa shape index (κ1) is 42.1. The summed E-state index contributed by atoms with van der Waals surface area (Å²) in [5.74, 6) is -2.85. The van der Waals surface area contributed by atoms with Gasteiger partial charge in [-0.15, -0.1) is 0 Å². The van der Waals surface area contributed by atoms with Crippen molar-refractivity contribution in [3.8, 4) is 0 Å². The van der Waals surface area contributed by atoms with Crippen molar-refractivity contribution >= 4 is 35.4 Å². The Morgan fingerprint density at radius 3 is 0.950 bits per heavy atom. The number of hydrogen-bond donors (Lipinski definition) is 0. The number of carbonyl (C=O) groups is 6. The quantitative estimate of drug-likeness (QED) is 0.242. The number of nitrogens with zero attached hydrogens (tertiary/aromatic N) is 4. The smallest absolute Gasteiger partial charge is 0.262 e. The molecule has 3 aliphatic rings. The van der Waals surface area contributed by atoms with Gasteiger partial charge in [0.25, 0.3) is 23.6 Å². The highest BCUT2D eigenvalue weighted by atomic mass is 16.5. The molecule has 60 heavy (non-hydrogen) atoms. The summed E-state index contributed by atoms with van der Waals surface area (Å²) in [6.07, 6.45) is 0.270. The third kappa shape index (κ3) is 9.69. The normalized spacial score (nSPS) is 18.4. The lowest BCUT2D eigenvalue weighted by molar-refractivity contribution is -0.138. The number of amides is 6. The molecule has 6 amide bonds. The van der Waals surface area contributed by atoms with E-state index in [9.17, 15) is 28.8 Å². The number of hydrogen-bond acceptors (Lipinski definition) is 10. The van der Waals surface area contributed by atoms with Crippen molar-refractivity contribution in [2.45, 2.75) is 24.9 Å². The van der Waals surface area contributed by atoms with Crippen LogP contribution in [0.5, 0.6) is 0 Å². The Hall–Kier alpha value is -6.06. The molecular weight excluding hydrogens is 769 g/mol. The van der Waals surface area contributed by atoms with Crippen LogP contribution in [-0.4, -0.2) is 146 Å². The maximum Gasteiger partial charge on any atom is 0.262 e. The van der Waals surface area contributed by atoms with E-state index in [4.69, 9.17) is 18.9 Å². The van der Waals surface area contributed by atoms with E-state index in [2.05, 4.69) is 0 Å². The molecule has 1 fully saturated rings. The lowest BCUT2D eigenvalue weighted by Crippen LogP contribution is -2.53. The van der Waals surface area contributed by atoms with Gasteiger partial charge in [-0.05, 0) is 35.4 Å². The third-order valence-corrected chi connectivity index (χ3v) is 10.8. The van der Waals surface area contributed by atoms with Crippen molar-refractivity contribution in [1.29, 1.82) is 0 Å². The molecule has 0 spiro atoms. The first-order valence-electron chi connectivity index (χ1n) is 20.2. The summed E-state index contributed by atoms with van der Waals surface area (Å²) in [6, 6.07) is 29.5. The number of rotatable bonds is 8. The summed E-state index contributed by atoms with van der Waals surface area (Å²) < 4.78 is 23.5. The molecule has 4 aromatic rings. The fourth-order valence-corrected chi connectivity index (χ4v) is 7.66. The molecule has 0 aliphatic carbocycles. The number of ether oxygens (including phenoxy) is 4. The second-order valence-electron chi connectivity index (χ2n) is 14.6. The van der Waals surface area contributed by atoms with Crippen molar-refractivity contribution in [2.24, 2.45) is 0 Å². The molecule has 3 heterocycles. The zero-order valence-electron chi connectivity index (χ0n) is 33.3. The summed E-state index contributed by atoms with van der Waals surface area (Å²) >= 11 is 0. The van der Waals surface area contributed by atoms with E-state index in [1.54, 1.807) is 58.3 Å². The number of carbonyl (C=O) groups excluding carboxylic acids is 6. The van der Waals surface area contributed by atoms with Crippen LogP contribution < -0.4 is 0 Å². The third-order valence-electron chi connectivity index (χ3n) is 10.8. The summed E-state index contributed by atoms with van der Waals surface area (Å²) in [5, 5.41) is 0. The molecule has 0 saturated carbocycles. The highest BCUT2D eigenvalue weighted by Gasteiger charge is 2.45. The van der Waals surface area contributed by atoms with Crippen molar-refractivity contribution in [3.05, 3.63) is 143 Å². The van der Waals surface area contributed by atoms with E-state index < -0.39 is 47.5 Å². The van der Waals surface area contributed by atoms with Gasteiger partial charge >= 0.3 is 0 Å². The van der Waals surface area contributed by atoms with E-state index >= 15 is 0 Å². The van der Waals surface area contributed by atoms with Crippen molar-refractivity contribution in [1.82, 2.24) is 19.6 Å². The number of benzene rings is 4. The van der Waals surface area contributed by atoms with Crippen molar-refractivity contribution in [3.63, 3.8) is 0 Å². The van der Waals surface area contributed by atoms with Gasteiger partial charge in [0.2, 0.25) is 11.8 Å². The lowest BCUT2D eigenvalue weighted by Gasteiger charge is -2.32. The zero-order chi connectivity index (χ0) is 41.8. The second-order valence-corrected chi connectivity index (χ2v) is 14.6. The first-order valence-corrected chi connectivity index (χ1v) is 20.2. The predicted octanol–water partition coefficient (Wildman–Crippen LogP) is 3.54. The predicted molar refractivity (Wildman–Crippen MR) is 218 cm³/mol. The average Bonchev–Trinajstić information content (AvgIpc) is 3.68. The fourth-order valence-electron chi connectivity index (χ4n) is 7.66. The highest BCUT2D eigenvalue weighted by Crippen LogP contribution is 2.28. The summed E-state index contributed by atoms with van der Waals surface area (Å²) in [5.41, 5.74) is 2.66. The van der Waals surface area contributed by atoms with Gasteiger partial charge < -0.3 is 28.7 Å². The van der Waals surface area contributed by atoms with Crippen LogP contribution in [-0.2, 0) is 41.4 Å². The highest BCUT2D eigenvalue weighted by molar-refractivity contribution is 6.23. The van der Waals surface area contributed by atoms with Gasteiger partial charge in [-0.3, -0.25) is 38.6 Å². The molecular formula is C46H48N4O10. The Labute approximate surface area is 348 Å². The molecule has 1 saturated heterocycles. The van der Waals surface area contributed by atoms with Gasteiger partial charge in [-0.2, -0.15) is 0 Å². The van der Waals surface area contributed by atoms with E-state index in [0.29, 0.717) is 0 Å². The van der Waals surface area contributed by atoms with Crippen LogP contribution in [0, 0.1) is 0 Å². The molecule has 0 bridgehead atoms. The Bertz CT molecular complexity index is 1920. The van der Waals surface area contributed by atoms with Crippen molar-refractivity contribution < 1.29 is 47.7 Å². The fraction of sp³-hybridized carbons (Fsp3) is 0.348. The average molecular weight is 817 g/mol. The van der Waals surface area contributed by atoms with Crippen LogP contribution in [0.25, 0.3) is 0 Å². The van der Waals surface area contributed by atoms with Crippen molar-refractivity contribution in [2.75, 3.05) is 79.0 Å². The lowest BCUT2D eigenvalue weighted by atomic mass is 10.0. The topological polar surface area (TPSA) is 152 Å². The molecule has 0 aromatic heterocycles. The van der Waals surface area contributed by atoms with Gasteiger partial charge in [-0.25, -0.2) is 0 Å². The standard InChI is InChI=1S/C46H48N4O10/c51-41-35-15-7-8-16-36(35)42(52)49(41)39(31-33-11-3-1-4-12-33)45(55)47-19-23-57-27-29-59-25-21-48(22-26-60-30-28-58-24-20-47)46(56)40(32-34-13-5-2-6-14-34)50-43(53)37-17-9-10-18-38(37)44(50)54/h1-18,39-40H,19-32H2. The molecule has 3 aliphatic heterocycles. The number of imide groups is 2. The van der Waals surface area contributed by atoms with Crippen LogP contribution in [0.15, 0.2) is 109 Å². The van der Waals surface area contributed by atoms with Gasteiger partial charge in [-0.1, -0.05) is 84.9 Å². The number of fused-ring (bicyclic) bond motifs is 2. The van der Waals surface area contributed by atoms with Crippen LogP contribution in [0.3, 0.4) is 0 Å². The Kier molecular flexibility index (Phi) is 14.2. The van der Waals surface area contributed by atoms with Crippen LogP contribution in [0.4, 0.5) is 0 Å². The van der Waals surface area contributed by atoms with Crippen LogP contribution >= 0.6 is 0 Å². The second kappa shape index (κ2) is 20.3. The van der Waals surface area contributed by atoms with Gasteiger partial charge in [0.05, 0.1) is 75.1 Å². The molecule has 2 unspecified atom stereocenters. The van der Waals surface area contributed by atoms with Crippen LogP contribution in [0.1, 0.15) is 52.6 Å². The molecule has 2 atom stereocenters. The molecule has 14 heteroatoms. The molecule has 14 nitrogen and oxygen atoms in total. The summed E-state index contributed by atoms with van der Waals surface area (Å²) in [4.78, 5) is 88.6. The van der Waals surface area contributed by atoms with E-state index in [-0.39, 0.29) is 114 Å². The zero-order valence-corrected chi connectivity index (χ0v) is 33.3. The van der Waals surface area contributed by atoms with E-state index in [1.165, 1.54) is 0 Å². The molecule has 4 aromatic carbocycles. The van der Waals surface area contributed by atoms with Gasteiger partial charge in [0.15, 0.2) is 0 Å². The van der Waals surface area contributed by atoms with E-state index in [0.717, 1.165) is 20.9 Å². The minimum absolute atomic E-state index is 0.135. The van der Waals surface area contributed by atoms with Crippen LogP contribution in [0.2, 0.25) is 0 Å². The van der Waals surface area contributed by atoms with Gasteiger partial charge in [0.1, 0.15) is 12.1 Å². The molecule has 7 rings (SSSR count). The minimum Gasteiger partial charge on any atom is -0.377 e. The molecule has 0 radical (unpaired) electrons. The molecule has 312 valence electrons. The maximum absolute atomic E-state index is 14.4. The maximum atomic E-state index is 14.4. The van der Waals surface area contributed by atoms with E-state index in [1.807, 2.05) is 60.7 Å². The largest absolute Gasteiger partial charge is 0.377 e. The minimum atomic E-state index is -1.10. The Morgan fingerprint density at radius 2 is 0.667 bits per heavy atom. The SMILES string of the molecule is O=C(C(Cc1ccccc1)N1C(=O)c2ccccc2C1=O)N1CCOCCOCCN(C(=O)C(Cc2ccccc2)N2C(=O)c3ccccc3C2=O)CCOCCOCC1. The molecule has 0 N–H and O–H groups in total.